The maximum atomic E-state index is 10.9. The highest BCUT2D eigenvalue weighted by atomic mass is 16.1. The van der Waals surface area contributed by atoms with E-state index in [1.54, 1.807) is 0 Å². The number of hydrogen-bond acceptors (Lipinski definition) is 1. The third kappa shape index (κ3) is 11.7. The Bertz CT molecular complexity index is 194. The van der Waals surface area contributed by atoms with Crippen LogP contribution in [0.5, 0.6) is 0 Å². The first-order chi connectivity index (χ1) is 8.35. The summed E-state index contributed by atoms with van der Waals surface area (Å²) in [6.07, 6.45) is 16.8. The van der Waals surface area contributed by atoms with E-state index in [9.17, 15) is 4.79 Å². The van der Waals surface area contributed by atoms with Crippen molar-refractivity contribution in [3.05, 3.63) is 11.6 Å². The molecule has 0 amide bonds. The van der Waals surface area contributed by atoms with E-state index in [2.05, 4.69) is 19.9 Å². The molecule has 1 nitrogen and oxygen atoms in total. The SMILES string of the molecule is CCCCCCCC=C(C=O)CCCCCC. The smallest absolute Gasteiger partial charge is 0.145 e. The normalized spacial score (nSPS) is 11.8. The van der Waals surface area contributed by atoms with Gasteiger partial charge in [0, 0.05) is 0 Å². The summed E-state index contributed by atoms with van der Waals surface area (Å²) in [4.78, 5) is 10.9. The summed E-state index contributed by atoms with van der Waals surface area (Å²) < 4.78 is 0. The van der Waals surface area contributed by atoms with Crippen LogP contribution in [0.2, 0.25) is 0 Å². The van der Waals surface area contributed by atoms with Gasteiger partial charge in [-0.1, -0.05) is 64.9 Å². The van der Waals surface area contributed by atoms with Gasteiger partial charge < -0.3 is 0 Å². The average molecular weight is 238 g/mol. The molecule has 0 bridgehead atoms. The van der Waals surface area contributed by atoms with Crippen LogP contribution in [-0.4, -0.2) is 6.29 Å². The van der Waals surface area contributed by atoms with E-state index in [4.69, 9.17) is 0 Å². The molecule has 0 spiro atoms. The van der Waals surface area contributed by atoms with Gasteiger partial charge in [0.2, 0.25) is 0 Å². The standard InChI is InChI=1S/C16H30O/c1-3-5-7-9-10-12-14-16(15-17)13-11-8-6-4-2/h14-15H,3-13H2,1-2H3. The van der Waals surface area contributed by atoms with Gasteiger partial charge in [0.05, 0.1) is 0 Å². The molecule has 0 aromatic heterocycles. The van der Waals surface area contributed by atoms with Crippen LogP contribution in [0.25, 0.3) is 0 Å². The van der Waals surface area contributed by atoms with Crippen LogP contribution in [0.1, 0.15) is 84.5 Å². The quantitative estimate of drug-likeness (QED) is 0.251. The van der Waals surface area contributed by atoms with Crippen LogP contribution >= 0.6 is 0 Å². The Morgan fingerprint density at radius 2 is 1.41 bits per heavy atom. The molecule has 0 aliphatic heterocycles. The van der Waals surface area contributed by atoms with E-state index in [1.807, 2.05) is 0 Å². The van der Waals surface area contributed by atoms with Crippen molar-refractivity contribution >= 4 is 6.29 Å². The second-order valence-electron chi connectivity index (χ2n) is 4.91. The fraction of sp³-hybridized carbons (Fsp3) is 0.812. The zero-order valence-electron chi connectivity index (χ0n) is 11.8. The highest BCUT2D eigenvalue weighted by Gasteiger charge is 1.96. The van der Waals surface area contributed by atoms with Crippen molar-refractivity contribution in [2.24, 2.45) is 0 Å². The molecule has 0 saturated carbocycles. The van der Waals surface area contributed by atoms with Gasteiger partial charge in [0.1, 0.15) is 6.29 Å². The highest BCUT2D eigenvalue weighted by molar-refractivity contribution is 5.72. The van der Waals surface area contributed by atoms with Gasteiger partial charge in [0.15, 0.2) is 0 Å². The number of carbonyl (C=O) groups excluding carboxylic acids is 1. The number of hydrogen-bond donors (Lipinski definition) is 0. The van der Waals surface area contributed by atoms with Crippen molar-refractivity contribution in [1.29, 1.82) is 0 Å². The Morgan fingerprint density at radius 1 is 0.824 bits per heavy atom. The number of aldehydes is 1. The van der Waals surface area contributed by atoms with Crippen LogP contribution in [0, 0.1) is 0 Å². The van der Waals surface area contributed by atoms with E-state index in [-0.39, 0.29) is 0 Å². The summed E-state index contributed by atoms with van der Waals surface area (Å²) in [6.45, 7) is 4.45. The van der Waals surface area contributed by atoms with E-state index >= 15 is 0 Å². The highest BCUT2D eigenvalue weighted by Crippen LogP contribution is 2.11. The minimum Gasteiger partial charge on any atom is -0.298 e. The molecule has 1 heteroatoms. The van der Waals surface area contributed by atoms with Gasteiger partial charge in [-0.2, -0.15) is 0 Å². The van der Waals surface area contributed by atoms with Crippen LogP contribution in [0.3, 0.4) is 0 Å². The number of carbonyl (C=O) groups is 1. The lowest BCUT2D eigenvalue weighted by atomic mass is 10.0. The van der Waals surface area contributed by atoms with Gasteiger partial charge in [0.25, 0.3) is 0 Å². The first-order valence-corrected chi connectivity index (χ1v) is 7.49. The maximum Gasteiger partial charge on any atom is 0.145 e. The third-order valence-corrected chi connectivity index (χ3v) is 3.18. The molecule has 0 aromatic carbocycles. The summed E-state index contributed by atoms with van der Waals surface area (Å²) in [7, 11) is 0. The largest absolute Gasteiger partial charge is 0.298 e. The van der Waals surface area contributed by atoms with Crippen molar-refractivity contribution in [1.82, 2.24) is 0 Å². The fourth-order valence-electron chi connectivity index (χ4n) is 2.00. The summed E-state index contributed by atoms with van der Waals surface area (Å²) in [5, 5.41) is 0. The summed E-state index contributed by atoms with van der Waals surface area (Å²) in [5.41, 5.74) is 1.02. The predicted molar refractivity (Wildman–Crippen MR) is 76.3 cm³/mol. The Balaban J connectivity index is 3.52. The van der Waals surface area contributed by atoms with Gasteiger partial charge in [-0.15, -0.1) is 0 Å². The lowest BCUT2D eigenvalue weighted by Crippen LogP contribution is -1.87. The van der Waals surface area contributed by atoms with Crippen molar-refractivity contribution in [3.8, 4) is 0 Å². The van der Waals surface area contributed by atoms with Crippen LogP contribution in [-0.2, 0) is 4.79 Å². The van der Waals surface area contributed by atoms with E-state index in [0.717, 1.165) is 24.7 Å². The monoisotopic (exact) mass is 238 g/mol. The van der Waals surface area contributed by atoms with E-state index in [0.29, 0.717) is 0 Å². The van der Waals surface area contributed by atoms with Gasteiger partial charge in [-0.3, -0.25) is 4.79 Å². The Labute approximate surface area is 108 Å². The molecule has 0 rings (SSSR count). The van der Waals surface area contributed by atoms with Gasteiger partial charge in [-0.25, -0.2) is 0 Å². The molecule has 0 heterocycles. The molecule has 17 heavy (non-hydrogen) atoms. The maximum absolute atomic E-state index is 10.9. The first kappa shape index (κ1) is 16.4. The van der Waals surface area contributed by atoms with Crippen molar-refractivity contribution in [2.45, 2.75) is 84.5 Å². The van der Waals surface area contributed by atoms with Gasteiger partial charge >= 0.3 is 0 Å². The van der Waals surface area contributed by atoms with Crippen LogP contribution in [0.15, 0.2) is 11.6 Å². The Hall–Kier alpha value is -0.590. The van der Waals surface area contributed by atoms with E-state index < -0.39 is 0 Å². The predicted octanol–water partition coefficient (Wildman–Crippen LogP) is 5.44. The second kappa shape index (κ2) is 13.5. The first-order valence-electron chi connectivity index (χ1n) is 7.49. The number of rotatable bonds is 12. The zero-order valence-corrected chi connectivity index (χ0v) is 11.8. The van der Waals surface area contributed by atoms with Crippen molar-refractivity contribution < 1.29 is 4.79 Å². The van der Waals surface area contributed by atoms with Gasteiger partial charge in [-0.05, 0) is 31.3 Å². The molecule has 0 fully saturated rings. The number of unbranched alkanes of at least 4 members (excludes halogenated alkanes) is 8. The molecule has 0 aliphatic carbocycles. The Kier molecular flexibility index (Phi) is 13.0. The molecular formula is C16H30O. The minimum atomic E-state index is 0.985. The molecule has 0 N–H and O–H groups in total. The molecule has 0 atom stereocenters. The number of allylic oxidation sites excluding steroid dienone is 2. The molecular weight excluding hydrogens is 208 g/mol. The third-order valence-electron chi connectivity index (χ3n) is 3.18. The zero-order chi connectivity index (χ0) is 12.8. The lowest BCUT2D eigenvalue weighted by molar-refractivity contribution is -0.105. The molecule has 0 aliphatic rings. The summed E-state index contributed by atoms with van der Waals surface area (Å²) in [5.74, 6) is 0. The topological polar surface area (TPSA) is 17.1 Å². The summed E-state index contributed by atoms with van der Waals surface area (Å²) in [6, 6.07) is 0. The minimum absolute atomic E-state index is 0.985. The summed E-state index contributed by atoms with van der Waals surface area (Å²) >= 11 is 0. The molecule has 0 aromatic rings. The van der Waals surface area contributed by atoms with Crippen LogP contribution < -0.4 is 0 Å². The molecule has 100 valence electrons. The lowest BCUT2D eigenvalue weighted by Gasteiger charge is -2.01. The fourth-order valence-corrected chi connectivity index (χ4v) is 2.00. The Morgan fingerprint density at radius 3 is 2.00 bits per heavy atom. The average Bonchev–Trinajstić information content (AvgIpc) is 2.36. The van der Waals surface area contributed by atoms with E-state index in [1.165, 1.54) is 57.8 Å². The second-order valence-corrected chi connectivity index (χ2v) is 4.91. The van der Waals surface area contributed by atoms with Crippen molar-refractivity contribution in [3.63, 3.8) is 0 Å². The van der Waals surface area contributed by atoms with Crippen molar-refractivity contribution in [2.75, 3.05) is 0 Å². The molecule has 0 saturated heterocycles. The molecule has 0 radical (unpaired) electrons. The van der Waals surface area contributed by atoms with Crippen LogP contribution in [0.4, 0.5) is 0 Å². The molecule has 0 unspecified atom stereocenters.